The van der Waals surface area contributed by atoms with E-state index in [-0.39, 0.29) is 5.56 Å². The van der Waals surface area contributed by atoms with Gasteiger partial charge in [0.1, 0.15) is 23.2 Å². The molecule has 0 amide bonds. The molecule has 138 valence electrons. The number of methoxy groups -OCH3 is 1. The Morgan fingerprint density at radius 2 is 1.96 bits per heavy atom. The molecule has 1 aliphatic heterocycles. The number of fused-ring (bicyclic) bond motifs is 1. The molecule has 0 fully saturated rings. The molecule has 1 atom stereocenters. The second-order valence-corrected chi connectivity index (χ2v) is 7.18. The Morgan fingerprint density at radius 3 is 2.54 bits per heavy atom. The summed E-state index contributed by atoms with van der Waals surface area (Å²) in [4.78, 5) is 12.0. The lowest BCUT2D eigenvalue weighted by atomic mass is 9.93. The lowest BCUT2D eigenvalue weighted by Gasteiger charge is -2.24. The topological polar surface area (TPSA) is 76.0 Å². The zero-order chi connectivity index (χ0) is 18.9. The first-order valence-electron chi connectivity index (χ1n) is 8.70. The van der Waals surface area contributed by atoms with Crippen molar-refractivity contribution in [3.05, 3.63) is 58.7 Å². The molecule has 2 aromatic rings. The van der Waals surface area contributed by atoms with E-state index in [0.29, 0.717) is 35.5 Å². The van der Waals surface area contributed by atoms with Gasteiger partial charge >= 0.3 is 5.97 Å². The van der Waals surface area contributed by atoms with Gasteiger partial charge in [-0.15, -0.1) is 0 Å². The van der Waals surface area contributed by atoms with Gasteiger partial charge in [0.05, 0.1) is 12.7 Å². The summed E-state index contributed by atoms with van der Waals surface area (Å²) in [5.74, 6) is -0.0878. The van der Waals surface area contributed by atoms with E-state index in [0.717, 1.165) is 12.0 Å². The van der Waals surface area contributed by atoms with Crippen LogP contribution in [0.5, 0.6) is 11.5 Å². The van der Waals surface area contributed by atoms with E-state index in [1.165, 1.54) is 0 Å². The minimum absolute atomic E-state index is 0.170. The van der Waals surface area contributed by atoms with Crippen molar-refractivity contribution >= 4 is 5.97 Å². The van der Waals surface area contributed by atoms with Crippen molar-refractivity contribution in [2.24, 2.45) is 0 Å². The van der Waals surface area contributed by atoms with Gasteiger partial charge in [-0.1, -0.05) is 30.3 Å². The predicted octanol–water partition coefficient (Wildman–Crippen LogP) is 3.25. The van der Waals surface area contributed by atoms with Crippen LogP contribution in [-0.2, 0) is 19.3 Å². The molecule has 1 aliphatic rings. The smallest absolute Gasteiger partial charge is 0.339 e. The number of benzene rings is 2. The number of carboxylic acid groups (broad SMARTS) is 1. The van der Waals surface area contributed by atoms with Crippen LogP contribution in [0.15, 0.2) is 36.4 Å². The number of hydrogen-bond donors (Lipinski definition) is 2. The zero-order valence-corrected chi connectivity index (χ0v) is 15.3. The van der Waals surface area contributed by atoms with Gasteiger partial charge in [0.2, 0.25) is 0 Å². The van der Waals surface area contributed by atoms with E-state index in [1.54, 1.807) is 27.0 Å². The SMILES string of the molecule is COc1cc(CCc2ccccc2)c(C(=O)O)c2c1C[C@H](C(C)(C)O)O2. The van der Waals surface area contributed by atoms with Gasteiger partial charge in [0.15, 0.2) is 0 Å². The first kappa shape index (κ1) is 18.3. The molecular weight excluding hydrogens is 332 g/mol. The number of hydrogen-bond acceptors (Lipinski definition) is 4. The molecule has 3 rings (SSSR count). The monoisotopic (exact) mass is 356 g/mol. The highest BCUT2D eigenvalue weighted by molar-refractivity contribution is 5.94. The average molecular weight is 356 g/mol. The largest absolute Gasteiger partial charge is 0.496 e. The van der Waals surface area contributed by atoms with Gasteiger partial charge in [-0.25, -0.2) is 4.79 Å². The Labute approximate surface area is 153 Å². The van der Waals surface area contributed by atoms with Crippen molar-refractivity contribution in [2.45, 2.75) is 44.8 Å². The van der Waals surface area contributed by atoms with Crippen molar-refractivity contribution < 1.29 is 24.5 Å². The second-order valence-electron chi connectivity index (χ2n) is 7.18. The third-order valence-corrected chi connectivity index (χ3v) is 4.82. The number of aliphatic hydroxyl groups is 1. The van der Waals surface area contributed by atoms with Crippen LogP contribution in [0.4, 0.5) is 0 Å². The fourth-order valence-corrected chi connectivity index (χ4v) is 3.35. The minimum atomic E-state index is -1.08. The molecular formula is C21H24O5. The molecule has 0 aliphatic carbocycles. The molecule has 0 bridgehead atoms. The van der Waals surface area contributed by atoms with Gasteiger partial charge in [0, 0.05) is 12.0 Å². The van der Waals surface area contributed by atoms with E-state index in [1.807, 2.05) is 30.3 Å². The minimum Gasteiger partial charge on any atom is -0.496 e. The third-order valence-electron chi connectivity index (χ3n) is 4.82. The first-order valence-corrected chi connectivity index (χ1v) is 8.70. The van der Waals surface area contributed by atoms with Crippen molar-refractivity contribution in [3.8, 4) is 11.5 Å². The average Bonchev–Trinajstić information content (AvgIpc) is 3.04. The summed E-state index contributed by atoms with van der Waals surface area (Å²) in [5.41, 5.74) is 1.61. The molecule has 0 saturated carbocycles. The highest BCUT2D eigenvalue weighted by atomic mass is 16.5. The number of aryl methyl sites for hydroxylation is 2. The van der Waals surface area contributed by atoms with Crippen LogP contribution >= 0.6 is 0 Å². The molecule has 5 nitrogen and oxygen atoms in total. The van der Waals surface area contributed by atoms with E-state index in [9.17, 15) is 15.0 Å². The van der Waals surface area contributed by atoms with Crippen molar-refractivity contribution in [1.29, 1.82) is 0 Å². The molecule has 0 spiro atoms. The zero-order valence-electron chi connectivity index (χ0n) is 15.3. The van der Waals surface area contributed by atoms with E-state index in [4.69, 9.17) is 9.47 Å². The number of carboxylic acids is 1. The van der Waals surface area contributed by atoms with Crippen molar-refractivity contribution in [2.75, 3.05) is 7.11 Å². The molecule has 1 heterocycles. The lowest BCUT2D eigenvalue weighted by molar-refractivity contribution is -0.0233. The standard InChI is InChI=1S/C21H24O5/c1-21(2,24)17-12-15-16(25-3)11-14(18(20(22)23)19(15)26-17)10-9-13-7-5-4-6-8-13/h4-8,11,17,24H,9-10,12H2,1-3H3,(H,22,23)/t17-/m1/s1. The van der Waals surface area contributed by atoms with Crippen molar-refractivity contribution in [3.63, 3.8) is 0 Å². The quantitative estimate of drug-likeness (QED) is 0.831. The maximum Gasteiger partial charge on any atom is 0.339 e. The summed E-state index contributed by atoms with van der Waals surface area (Å²) >= 11 is 0. The summed E-state index contributed by atoms with van der Waals surface area (Å²) in [7, 11) is 1.56. The number of aromatic carboxylic acids is 1. The number of carbonyl (C=O) groups is 1. The highest BCUT2D eigenvalue weighted by Gasteiger charge is 2.39. The summed E-state index contributed by atoms with van der Waals surface area (Å²) < 4.78 is 11.4. The highest BCUT2D eigenvalue weighted by Crippen LogP contribution is 2.43. The molecule has 0 radical (unpaired) electrons. The Morgan fingerprint density at radius 1 is 1.27 bits per heavy atom. The Hall–Kier alpha value is -2.53. The van der Waals surface area contributed by atoms with E-state index in [2.05, 4.69) is 0 Å². The van der Waals surface area contributed by atoms with Crippen LogP contribution in [0.1, 0.15) is 40.9 Å². The fraction of sp³-hybridized carbons (Fsp3) is 0.381. The molecule has 0 aromatic heterocycles. The normalized spacial score (nSPS) is 16.1. The summed E-state index contributed by atoms with van der Waals surface area (Å²) in [6.45, 7) is 3.32. The predicted molar refractivity (Wildman–Crippen MR) is 98.2 cm³/mol. The molecule has 2 N–H and O–H groups in total. The maximum atomic E-state index is 12.0. The summed E-state index contributed by atoms with van der Waals surface area (Å²) in [6, 6.07) is 11.7. The van der Waals surface area contributed by atoms with Gasteiger partial charge in [-0.3, -0.25) is 0 Å². The number of ether oxygens (including phenoxy) is 2. The lowest BCUT2D eigenvalue weighted by Crippen LogP contribution is -2.39. The van der Waals surface area contributed by atoms with Crippen LogP contribution in [0.3, 0.4) is 0 Å². The van der Waals surface area contributed by atoms with Crippen LogP contribution in [-0.4, -0.2) is 35.0 Å². The van der Waals surface area contributed by atoms with Gasteiger partial charge < -0.3 is 19.7 Å². The Kier molecular flexibility index (Phi) is 4.92. The fourth-order valence-electron chi connectivity index (χ4n) is 3.35. The van der Waals surface area contributed by atoms with E-state index < -0.39 is 17.7 Å². The Bertz CT molecular complexity index is 805. The molecule has 5 heteroatoms. The van der Waals surface area contributed by atoms with Crippen molar-refractivity contribution in [1.82, 2.24) is 0 Å². The maximum absolute atomic E-state index is 12.0. The molecule has 0 unspecified atom stereocenters. The number of rotatable bonds is 6. The summed E-state index contributed by atoms with van der Waals surface area (Å²) in [6.07, 6.45) is 1.19. The van der Waals surface area contributed by atoms with Gasteiger partial charge in [0.25, 0.3) is 0 Å². The second kappa shape index (κ2) is 7.00. The van der Waals surface area contributed by atoms with Crippen LogP contribution in [0.2, 0.25) is 0 Å². The first-order chi connectivity index (χ1) is 12.3. The third kappa shape index (κ3) is 3.53. The van der Waals surface area contributed by atoms with Crippen LogP contribution in [0.25, 0.3) is 0 Å². The van der Waals surface area contributed by atoms with E-state index >= 15 is 0 Å². The Balaban J connectivity index is 2.00. The van der Waals surface area contributed by atoms with Gasteiger partial charge in [-0.2, -0.15) is 0 Å². The van der Waals surface area contributed by atoms with Crippen LogP contribution in [0, 0.1) is 0 Å². The molecule has 26 heavy (non-hydrogen) atoms. The van der Waals surface area contributed by atoms with Crippen LogP contribution < -0.4 is 9.47 Å². The molecule has 2 aromatic carbocycles. The summed E-state index contributed by atoms with van der Waals surface area (Å²) in [5, 5.41) is 20.1. The molecule has 0 saturated heterocycles. The van der Waals surface area contributed by atoms with Gasteiger partial charge in [-0.05, 0) is 43.9 Å².